The fraction of sp³-hybridized carbons (Fsp3) is 0.480. The number of benzene rings is 1. The molecule has 2 saturated heterocycles. The summed E-state index contributed by atoms with van der Waals surface area (Å²) in [7, 11) is 0. The van der Waals surface area contributed by atoms with E-state index in [1.165, 1.54) is 17.4 Å². The number of hydrogen-bond acceptors (Lipinski definition) is 4. The minimum atomic E-state index is -0.405. The van der Waals surface area contributed by atoms with E-state index in [9.17, 15) is 14.4 Å². The fourth-order valence-corrected chi connectivity index (χ4v) is 4.71. The van der Waals surface area contributed by atoms with Crippen LogP contribution < -0.4 is 10.9 Å². The van der Waals surface area contributed by atoms with Crippen molar-refractivity contribution >= 4 is 11.8 Å². The second-order valence-electron chi connectivity index (χ2n) is 8.77. The minimum absolute atomic E-state index is 0.107. The Kier molecular flexibility index (Phi) is 7.37. The maximum absolute atomic E-state index is 13.3. The molecule has 1 atom stereocenters. The third-order valence-electron chi connectivity index (χ3n) is 6.45. The Morgan fingerprint density at radius 3 is 2.47 bits per heavy atom. The Balaban J connectivity index is 1.42. The summed E-state index contributed by atoms with van der Waals surface area (Å²) in [4.78, 5) is 43.1. The first-order valence-electron chi connectivity index (χ1n) is 11.7. The van der Waals surface area contributed by atoms with E-state index in [2.05, 4.69) is 10.2 Å². The number of piperidine rings is 1. The van der Waals surface area contributed by atoms with E-state index in [1.807, 2.05) is 35.2 Å². The van der Waals surface area contributed by atoms with Crippen molar-refractivity contribution in [1.82, 2.24) is 19.7 Å². The SMILES string of the molecule is O=C(Cn1cccc(C(=O)N2CCCC[C@@H]2CN2CCCC2)c1=O)NCc1ccccc1. The topological polar surface area (TPSA) is 74.7 Å². The standard InChI is InChI=1S/C25H32N4O3/c30-23(26-17-20-9-2-1-3-10-20)19-28-15-8-12-22(24(28)31)25(32)29-16-5-4-11-21(29)18-27-13-6-7-14-27/h1-3,8-10,12,15,21H,4-7,11,13-14,16-19H2,(H,26,30)/t21-/m1/s1. The van der Waals surface area contributed by atoms with Crippen molar-refractivity contribution in [2.24, 2.45) is 0 Å². The average Bonchev–Trinajstić information content (AvgIpc) is 3.33. The largest absolute Gasteiger partial charge is 0.350 e. The van der Waals surface area contributed by atoms with Gasteiger partial charge in [-0.15, -0.1) is 0 Å². The zero-order chi connectivity index (χ0) is 22.3. The zero-order valence-electron chi connectivity index (χ0n) is 18.5. The van der Waals surface area contributed by atoms with Gasteiger partial charge in [0.15, 0.2) is 0 Å². The van der Waals surface area contributed by atoms with Crippen molar-refractivity contribution in [3.8, 4) is 0 Å². The molecule has 170 valence electrons. The van der Waals surface area contributed by atoms with Gasteiger partial charge in [0.1, 0.15) is 12.1 Å². The molecule has 32 heavy (non-hydrogen) atoms. The van der Waals surface area contributed by atoms with E-state index in [4.69, 9.17) is 0 Å². The van der Waals surface area contributed by atoms with E-state index in [-0.39, 0.29) is 30.0 Å². The highest BCUT2D eigenvalue weighted by Gasteiger charge is 2.31. The lowest BCUT2D eigenvalue weighted by Gasteiger charge is -2.37. The highest BCUT2D eigenvalue weighted by atomic mass is 16.2. The first-order chi connectivity index (χ1) is 15.6. The summed E-state index contributed by atoms with van der Waals surface area (Å²) in [5, 5.41) is 2.83. The molecule has 2 fully saturated rings. The Morgan fingerprint density at radius 1 is 0.938 bits per heavy atom. The normalized spacial score (nSPS) is 19.1. The van der Waals surface area contributed by atoms with Crippen molar-refractivity contribution in [2.75, 3.05) is 26.2 Å². The molecule has 4 rings (SSSR count). The number of hydrogen-bond donors (Lipinski definition) is 1. The predicted octanol–water partition coefficient (Wildman–Crippen LogP) is 2.26. The number of rotatable bonds is 7. The molecule has 0 spiro atoms. The molecule has 2 aliphatic heterocycles. The van der Waals surface area contributed by atoms with E-state index in [1.54, 1.807) is 18.3 Å². The predicted molar refractivity (Wildman–Crippen MR) is 123 cm³/mol. The summed E-state index contributed by atoms with van der Waals surface area (Å²) in [6, 6.07) is 13.0. The second kappa shape index (κ2) is 10.6. The number of nitrogens with one attached hydrogen (secondary N) is 1. The maximum Gasteiger partial charge on any atom is 0.263 e. The molecule has 2 amide bonds. The van der Waals surface area contributed by atoms with Crippen LogP contribution in [0.3, 0.4) is 0 Å². The van der Waals surface area contributed by atoms with Gasteiger partial charge in [0.2, 0.25) is 5.91 Å². The Morgan fingerprint density at radius 2 is 1.69 bits per heavy atom. The van der Waals surface area contributed by atoms with Crippen LogP contribution in [0.1, 0.15) is 48.0 Å². The quantitative estimate of drug-likeness (QED) is 0.723. The lowest BCUT2D eigenvalue weighted by Crippen LogP contribution is -2.50. The van der Waals surface area contributed by atoms with Crippen molar-refractivity contribution in [2.45, 2.75) is 51.2 Å². The van der Waals surface area contributed by atoms with Gasteiger partial charge < -0.3 is 19.7 Å². The van der Waals surface area contributed by atoms with Crippen LogP contribution in [0.5, 0.6) is 0 Å². The molecule has 1 aromatic carbocycles. The molecule has 0 bridgehead atoms. The Bertz CT molecular complexity index is 982. The van der Waals surface area contributed by atoms with Gasteiger partial charge in [-0.25, -0.2) is 0 Å². The van der Waals surface area contributed by atoms with E-state index in [0.717, 1.165) is 44.5 Å². The summed E-state index contributed by atoms with van der Waals surface area (Å²) in [6.07, 6.45) is 7.06. The molecule has 3 heterocycles. The number of amides is 2. The van der Waals surface area contributed by atoms with Gasteiger partial charge in [-0.2, -0.15) is 0 Å². The van der Waals surface area contributed by atoms with Gasteiger partial charge in [0, 0.05) is 31.9 Å². The first kappa shape index (κ1) is 22.3. The third kappa shape index (κ3) is 5.46. The zero-order valence-corrected chi connectivity index (χ0v) is 18.5. The van der Waals surface area contributed by atoms with Crippen LogP contribution in [-0.2, 0) is 17.9 Å². The highest BCUT2D eigenvalue weighted by Crippen LogP contribution is 2.21. The lowest BCUT2D eigenvalue weighted by atomic mass is 10.0. The summed E-state index contributed by atoms with van der Waals surface area (Å²) >= 11 is 0. The van der Waals surface area contributed by atoms with Gasteiger partial charge in [0.05, 0.1) is 0 Å². The smallest absolute Gasteiger partial charge is 0.263 e. The van der Waals surface area contributed by atoms with E-state index < -0.39 is 5.56 Å². The van der Waals surface area contributed by atoms with Crippen LogP contribution in [0, 0.1) is 0 Å². The second-order valence-corrected chi connectivity index (χ2v) is 8.77. The minimum Gasteiger partial charge on any atom is -0.350 e. The molecule has 1 N–H and O–H groups in total. The molecule has 1 aromatic heterocycles. The number of pyridine rings is 1. The summed E-state index contributed by atoms with van der Waals surface area (Å²) in [6.45, 7) is 4.05. The maximum atomic E-state index is 13.3. The van der Waals surface area contributed by atoms with E-state index >= 15 is 0 Å². The lowest BCUT2D eigenvalue weighted by molar-refractivity contribution is -0.121. The molecule has 0 radical (unpaired) electrons. The Labute approximate surface area is 189 Å². The number of carbonyl (C=O) groups is 2. The number of aromatic nitrogens is 1. The van der Waals surface area contributed by atoms with Crippen molar-refractivity contribution < 1.29 is 9.59 Å². The molecular weight excluding hydrogens is 404 g/mol. The molecule has 0 unspecified atom stereocenters. The highest BCUT2D eigenvalue weighted by molar-refractivity contribution is 5.94. The van der Waals surface area contributed by atoms with Crippen LogP contribution in [0.15, 0.2) is 53.5 Å². The molecule has 7 nitrogen and oxygen atoms in total. The summed E-state index contributed by atoms with van der Waals surface area (Å²) < 4.78 is 1.33. The Hall–Kier alpha value is -2.93. The van der Waals surface area contributed by atoms with Crippen LogP contribution in [0.25, 0.3) is 0 Å². The molecule has 7 heteroatoms. The molecule has 2 aliphatic rings. The van der Waals surface area contributed by atoms with Gasteiger partial charge in [-0.1, -0.05) is 30.3 Å². The monoisotopic (exact) mass is 436 g/mol. The van der Waals surface area contributed by atoms with Gasteiger partial charge in [-0.05, 0) is 62.9 Å². The third-order valence-corrected chi connectivity index (χ3v) is 6.45. The van der Waals surface area contributed by atoms with Crippen LogP contribution in [0.2, 0.25) is 0 Å². The summed E-state index contributed by atoms with van der Waals surface area (Å²) in [5.74, 6) is -0.469. The van der Waals surface area contributed by atoms with Crippen molar-refractivity contribution in [3.63, 3.8) is 0 Å². The van der Waals surface area contributed by atoms with Gasteiger partial charge >= 0.3 is 0 Å². The van der Waals surface area contributed by atoms with E-state index in [0.29, 0.717) is 13.1 Å². The van der Waals surface area contributed by atoms with Crippen LogP contribution in [-0.4, -0.2) is 58.4 Å². The number of nitrogens with zero attached hydrogens (tertiary/aromatic N) is 3. The summed E-state index contributed by atoms with van der Waals surface area (Å²) in [5.41, 5.74) is 0.737. The molecule has 0 saturated carbocycles. The van der Waals surface area contributed by atoms with Gasteiger partial charge in [-0.3, -0.25) is 14.4 Å². The molecule has 2 aromatic rings. The number of carbonyl (C=O) groups excluding carboxylic acids is 2. The van der Waals surface area contributed by atoms with Crippen molar-refractivity contribution in [1.29, 1.82) is 0 Å². The molecule has 0 aliphatic carbocycles. The first-order valence-corrected chi connectivity index (χ1v) is 11.7. The van der Waals surface area contributed by atoms with Crippen LogP contribution >= 0.6 is 0 Å². The van der Waals surface area contributed by atoms with Gasteiger partial charge in [0.25, 0.3) is 11.5 Å². The number of likely N-dealkylation sites (tertiary alicyclic amines) is 2. The van der Waals surface area contributed by atoms with Crippen LogP contribution in [0.4, 0.5) is 0 Å². The van der Waals surface area contributed by atoms with Crippen molar-refractivity contribution in [3.05, 3.63) is 70.1 Å². The average molecular weight is 437 g/mol. The molecular formula is C25H32N4O3. The fourth-order valence-electron chi connectivity index (χ4n) is 4.71.